The predicted octanol–water partition coefficient (Wildman–Crippen LogP) is 3.26. The highest BCUT2D eigenvalue weighted by Gasteiger charge is 2.60. The number of carbonyl (C=O) groups excluding carboxylic acids is 3. The maximum absolute atomic E-state index is 12.8. The molecule has 0 unspecified atom stereocenters. The van der Waals surface area contributed by atoms with E-state index in [4.69, 9.17) is 4.74 Å². The highest BCUT2D eigenvalue weighted by Crippen LogP contribution is 2.65. The van der Waals surface area contributed by atoms with Crippen LogP contribution < -0.4 is 0 Å². The standard InChI is InChI=1S/C28H39NO7/c1-27-11-9-17(30)13-16(27)3-4-19-20-5-6-23(28(20,2)12-10-21(19)27)36-25(33)8-7-24(32)29-15-18(31)14-22(29)26(34)35/h13,18-23,31H,3-12,14-15H2,1-2H3,(H,34,35)/t18-,19+,20+,21+,22-,23+,27+,28+/m1/s1. The van der Waals surface area contributed by atoms with Crippen LogP contribution >= 0.6 is 0 Å². The van der Waals surface area contributed by atoms with Crippen LogP contribution in [0.2, 0.25) is 0 Å². The Balaban J connectivity index is 1.19. The average molecular weight is 502 g/mol. The van der Waals surface area contributed by atoms with Crippen LogP contribution in [0.3, 0.4) is 0 Å². The maximum Gasteiger partial charge on any atom is 0.326 e. The van der Waals surface area contributed by atoms with Gasteiger partial charge < -0.3 is 19.8 Å². The molecule has 5 rings (SSSR count). The fourth-order valence-electron chi connectivity index (χ4n) is 8.60. The van der Waals surface area contributed by atoms with Gasteiger partial charge in [-0.3, -0.25) is 14.4 Å². The zero-order valence-corrected chi connectivity index (χ0v) is 21.4. The van der Waals surface area contributed by atoms with E-state index in [2.05, 4.69) is 13.8 Å². The summed E-state index contributed by atoms with van der Waals surface area (Å²) in [4.78, 5) is 50.0. The first-order chi connectivity index (χ1) is 17.0. The number of β-amino-alcohol motifs (C(OH)–C–C–N with tert-alkyl or cyclic N) is 1. The van der Waals surface area contributed by atoms with Gasteiger partial charge >= 0.3 is 11.9 Å². The molecule has 1 saturated heterocycles. The molecule has 8 atom stereocenters. The molecule has 0 bridgehead atoms. The van der Waals surface area contributed by atoms with Gasteiger partial charge in [-0.05, 0) is 74.2 Å². The van der Waals surface area contributed by atoms with Crippen LogP contribution in [0.5, 0.6) is 0 Å². The van der Waals surface area contributed by atoms with Crippen molar-refractivity contribution in [2.75, 3.05) is 6.54 Å². The largest absolute Gasteiger partial charge is 0.480 e. The van der Waals surface area contributed by atoms with Gasteiger partial charge in [-0.15, -0.1) is 0 Å². The Labute approximate surface area is 212 Å². The number of aliphatic hydroxyl groups excluding tert-OH is 1. The van der Waals surface area contributed by atoms with E-state index < -0.39 is 30.0 Å². The van der Waals surface area contributed by atoms with Crippen LogP contribution in [0.1, 0.15) is 84.5 Å². The lowest BCUT2D eigenvalue weighted by Crippen LogP contribution is -2.51. The third-order valence-corrected chi connectivity index (χ3v) is 10.6. The first kappa shape index (κ1) is 25.4. The Morgan fingerprint density at radius 2 is 1.83 bits per heavy atom. The van der Waals surface area contributed by atoms with E-state index in [1.165, 1.54) is 10.5 Å². The Hall–Kier alpha value is -2.22. The van der Waals surface area contributed by atoms with Crippen LogP contribution in [-0.2, 0) is 23.9 Å². The summed E-state index contributed by atoms with van der Waals surface area (Å²) in [5.41, 5.74) is 1.39. The summed E-state index contributed by atoms with van der Waals surface area (Å²) in [5.74, 6) is -0.0520. The van der Waals surface area contributed by atoms with Crippen LogP contribution in [0.4, 0.5) is 0 Å². The molecule has 1 amide bonds. The molecule has 0 radical (unpaired) electrons. The number of ketones is 1. The zero-order chi connectivity index (χ0) is 25.8. The molecular weight excluding hydrogens is 462 g/mol. The zero-order valence-electron chi connectivity index (χ0n) is 21.4. The number of amides is 1. The van der Waals surface area contributed by atoms with Crippen molar-refractivity contribution in [1.82, 2.24) is 4.90 Å². The minimum atomic E-state index is -1.14. The summed E-state index contributed by atoms with van der Waals surface area (Å²) in [6.07, 6.45) is 8.37. The van der Waals surface area contributed by atoms with Gasteiger partial charge in [0.15, 0.2) is 5.78 Å². The number of rotatable bonds is 5. The molecule has 0 aromatic carbocycles. The Bertz CT molecular complexity index is 990. The number of ether oxygens (including phenoxy) is 1. The van der Waals surface area contributed by atoms with E-state index in [-0.39, 0.29) is 48.5 Å². The fourth-order valence-corrected chi connectivity index (χ4v) is 8.60. The van der Waals surface area contributed by atoms with Gasteiger partial charge in [0, 0.05) is 31.2 Å². The van der Waals surface area contributed by atoms with Crippen molar-refractivity contribution in [1.29, 1.82) is 0 Å². The smallest absolute Gasteiger partial charge is 0.326 e. The molecular formula is C28H39NO7. The van der Waals surface area contributed by atoms with Crippen LogP contribution in [0.15, 0.2) is 11.6 Å². The van der Waals surface area contributed by atoms with Crippen molar-refractivity contribution in [2.24, 2.45) is 28.6 Å². The van der Waals surface area contributed by atoms with E-state index >= 15 is 0 Å². The number of aliphatic carboxylic acids is 1. The molecule has 1 heterocycles. The lowest BCUT2D eigenvalue weighted by Gasteiger charge is -2.57. The van der Waals surface area contributed by atoms with Crippen molar-refractivity contribution in [2.45, 2.75) is 103 Å². The highest BCUT2D eigenvalue weighted by atomic mass is 16.5. The number of likely N-dealkylation sites (tertiary alicyclic amines) is 1. The van der Waals surface area contributed by atoms with Gasteiger partial charge in [0.25, 0.3) is 0 Å². The monoisotopic (exact) mass is 501 g/mol. The molecule has 36 heavy (non-hydrogen) atoms. The second-order valence-corrected chi connectivity index (χ2v) is 12.4. The number of allylic oxidation sites excluding steroid dienone is 1. The summed E-state index contributed by atoms with van der Waals surface area (Å²) in [5, 5.41) is 19.1. The number of nitrogens with zero attached hydrogens (tertiary/aromatic N) is 1. The van der Waals surface area contributed by atoms with Crippen molar-refractivity contribution in [3.8, 4) is 0 Å². The molecule has 4 aliphatic carbocycles. The first-order valence-corrected chi connectivity index (χ1v) is 13.7. The van der Waals surface area contributed by atoms with Crippen LogP contribution in [0, 0.1) is 28.6 Å². The number of carboxylic acid groups (broad SMARTS) is 1. The van der Waals surface area contributed by atoms with Crippen molar-refractivity contribution < 1.29 is 34.1 Å². The molecule has 0 aromatic heterocycles. The average Bonchev–Trinajstić information content (AvgIpc) is 3.38. The molecule has 2 N–H and O–H groups in total. The number of esters is 1. The third-order valence-electron chi connectivity index (χ3n) is 10.6. The molecule has 8 nitrogen and oxygen atoms in total. The lowest BCUT2D eigenvalue weighted by atomic mass is 9.47. The molecule has 0 spiro atoms. The second-order valence-electron chi connectivity index (χ2n) is 12.4. The Morgan fingerprint density at radius 3 is 2.58 bits per heavy atom. The molecule has 1 aliphatic heterocycles. The van der Waals surface area contributed by atoms with Gasteiger partial charge in [-0.25, -0.2) is 4.79 Å². The number of fused-ring (bicyclic) bond motifs is 5. The molecule has 0 aromatic rings. The van der Waals surface area contributed by atoms with Gasteiger partial charge in [-0.1, -0.05) is 19.4 Å². The minimum absolute atomic E-state index is 0.0141. The van der Waals surface area contributed by atoms with E-state index in [0.717, 1.165) is 44.9 Å². The van der Waals surface area contributed by atoms with Gasteiger partial charge in [-0.2, -0.15) is 0 Å². The molecule has 3 saturated carbocycles. The van der Waals surface area contributed by atoms with E-state index in [0.29, 0.717) is 24.2 Å². The van der Waals surface area contributed by atoms with Crippen LogP contribution in [-0.4, -0.2) is 63.5 Å². The Morgan fingerprint density at radius 1 is 1.06 bits per heavy atom. The maximum atomic E-state index is 12.8. The lowest BCUT2D eigenvalue weighted by molar-refractivity contribution is -0.161. The Kier molecular flexibility index (Phi) is 6.54. The molecule has 5 aliphatic rings. The molecule has 198 valence electrons. The summed E-state index contributed by atoms with van der Waals surface area (Å²) >= 11 is 0. The number of carbonyl (C=O) groups is 4. The van der Waals surface area contributed by atoms with Crippen molar-refractivity contribution >= 4 is 23.6 Å². The summed E-state index contributed by atoms with van der Waals surface area (Å²) in [7, 11) is 0. The number of hydrogen-bond acceptors (Lipinski definition) is 6. The van der Waals surface area contributed by atoms with Crippen LogP contribution in [0.25, 0.3) is 0 Å². The fraction of sp³-hybridized carbons (Fsp3) is 0.786. The number of carboxylic acids is 1. The normalized spacial score (nSPS) is 41.7. The van der Waals surface area contributed by atoms with E-state index in [9.17, 15) is 29.4 Å². The third kappa shape index (κ3) is 4.19. The summed E-state index contributed by atoms with van der Waals surface area (Å²) in [6, 6.07) is -1.04. The van der Waals surface area contributed by atoms with E-state index in [1.807, 2.05) is 6.08 Å². The first-order valence-electron chi connectivity index (χ1n) is 13.7. The molecule has 4 fully saturated rings. The topological polar surface area (TPSA) is 121 Å². The SMILES string of the molecule is C[C@]12CC[C@H]3[C@@H](CCC4=CC(=O)CC[C@@]43C)[C@@H]1CC[C@@H]2OC(=O)CCC(=O)N1C[C@H](O)C[C@@H]1C(=O)O. The minimum Gasteiger partial charge on any atom is -0.480 e. The molecule has 8 heteroatoms. The number of hydrogen-bond donors (Lipinski definition) is 2. The highest BCUT2D eigenvalue weighted by molar-refractivity contribution is 5.91. The van der Waals surface area contributed by atoms with Gasteiger partial charge in [0.1, 0.15) is 12.1 Å². The quantitative estimate of drug-likeness (QED) is 0.555. The van der Waals surface area contributed by atoms with Gasteiger partial charge in [0.2, 0.25) is 5.91 Å². The van der Waals surface area contributed by atoms with Gasteiger partial charge in [0.05, 0.1) is 12.5 Å². The predicted molar refractivity (Wildman–Crippen MR) is 130 cm³/mol. The van der Waals surface area contributed by atoms with Crippen molar-refractivity contribution in [3.63, 3.8) is 0 Å². The second kappa shape index (κ2) is 9.26. The summed E-state index contributed by atoms with van der Waals surface area (Å²) in [6.45, 7) is 4.62. The number of aliphatic hydroxyl groups is 1. The summed E-state index contributed by atoms with van der Waals surface area (Å²) < 4.78 is 5.99. The van der Waals surface area contributed by atoms with Crippen molar-refractivity contribution in [3.05, 3.63) is 11.6 Å². The van der Waals surface area contributed by atoms with E-state index in [1.54, 1.807) is 0 Å².